The van der Waals surface area contributed by atoms with Gasteiger partial charge in [-0.2, -0.15) is 0 Å². The molecule has 116 valence electrons. The maximum Gasteiger partial charge on any atom is 0.573 e. The SMILES string of the molecule is O=CC[C@H](c1ccc(F)cc1)c1ccc(OC(F)(F)F)cc1. The normalized spacial score (nSPS) is 12.7. The van der Waals surface area contributed by atoms with E-state index in [1.54, 1.807) is 12.1 Å². The highest BCUT2D eigenvalue weighted by Gasteiger charge is 2.31. The molecule has 0 heterocycles. The van der Waals surface area contributed by atoms with Crippen molar-refractivity contribution in [3.63, 3.8) is 0 Å². The standard InChI is InChI=1S/C16H12F4O2/c17-13-5-1-11(2-6-13)15(9-10-21)12-3-7-14(8-4-12)22-16(18,19)20/h1-8,10,15H,9H2/t15-/m1/s1. The summed E-state index contributed by atoms with van der Waals surface area (Å²) in [6, 6.07) is 10.9. The molecule has 22 heavy (non-hydrogen) atoms. The van der Waals surface area contributed by atoms with Crippen molar-refractivity contribution < 1.29 is 27.1 Å². The van der Waals surface area contributed by atoms with E-state index in [1.165, 1.54) is 36.4 Å². The second-order valence-electron chi connectivity index (χ2n) is 4.62. The van der Waals surface area contributed by atoms with E-state index in [1.807, 2.05) is 0 Å². The molecular weight excluding hydrogens is 300 g/mol. The van der Waals surface area contributed by atoms with E-state index in [0.717, 1.165) is 0 Å². The average molecular weight is 312 g/mol. The first-order valence-electron chi connectivity index (χ1n) is 6.44. The lowest BCUT2D eigenvalue weighted by atomic mass is 9.89. The Labute approximate surface area is 124 Å². The number of ether oxygens (including phenoxy) is 1. The molecule has 0 amide bonds. The molecule has 0 aliphatic rings. The molecule has 2 nitrogen and oxygen atoms in total. The smallest absolute Gasteiger partial charge is 0.406 e. The number of hydrogen-bond acceptors (Lipinski definition) is 2. The van der Waals surface area contributed by atoms with E-state index in [4.69, 9.17) is 0 Å². The predicted molar refractivity (Wildman–Crippen MR) is 72.0 cm³/mol. The topological polar surface area (TPSA) is 26.3 Å². The Balaban J connectivity index is 2.25. The van der Waals surface area contributed by atoms with Crippen LogP contribution in [0.5, 0.6) is 5.75 Å². The van der Waals surface area contributed by atoms with Crippen LogP contribution in [0.2, 0.25) is 0 Å². The number of hydrogen-bond donors (Lipinski definition) is 0. The molecule has 0 N–H and O–H groups in total. The van der Waals surface area contributed by atoms with Crippen LogP contribution in [0.25, 0.3) is 0 Å². The summed E-state index contributed by atoms with van der Waals surface area (Å²) in [5.74, 6) is -1.08. The Bertz CT molecular complexity index is 618. The Hall–Kier alpha value is -2.37. The summed E-state index contributed by atoms with van der Waals surface area (Å²) in [4.78, 5) is 10.8. The lowest BCUT2D eigenvalue weighted by molar-refractivity contribution is -0.274. The summed E-state index contributed by atoms with van der Waals surface area (Å²) in [7, 11) is 0. The van der Waals surface area contributed by atoms with Crippen molar-refractivity contribution in [2.75, 3.05) is 0 Å². The molecule has 2 rings (SSSR count). The molecule has 0 spiro atoms. The van der Waals surface area contributed by atoms with Gasteiger partial charge >= 0.3 is 6.36 Å². The van der Waals surface area contributed by atoms with Crippen LogP contribution in [0.1, 0.15) is 23.5 Å². The summed E-state index contributed by atoms with van der Waals surface area (Å²) in [5.41, 5.74) is 1.35. The van der Waals surface area contributed by atoms with Crippen molar-refractivity contribution in [2.24, 2.45) is 0 Å². The van der Waals surface area contributed by atoms with Gasteiger partial charge in [-0.25, -0.2) is 4.39 Å². The van der Waals surface area contributed by atoms with Crippen LogP contribution < -0.4 is 4.74 Å². The summed E-state index contributed by atoms with van der Waals surface area (Å²) in [6.45, 7) is 0. The summed E-state index contributed by atoms with van der Waals surface area (Å²) < 4.78 is 53.1. The Morgan fingerprint density at radius 3 is 1.91 bits per heavy atom. The third-order valence-electron chi connectivity index (χ3n) is 3.12. The first-order chi connectivity index (χ1) is 10.4. The first kappa shape index (κ1) is 16.0. The van der Waals surface area contributed by atoms with E-state index in [-0.39, 0.29) is 18.1 Å². The Morgan fingerprint density at radius 2 is 1.45 bits per heavy atom. The molecule has 0 saturated heterocycles. The number of alkyl halides is 3. The molecular formula is C16H12F4O2. The van der Waals surface area contributed by atoms with Gasteiger partial charge in [-0.3, -0.25) is 0 Å². The molecule has 0 saturated carbocycles. The van der Waals surface area contributed by atoms with Gasteiger partial charge in [0, 0.05) is 12.3 Å². The number of benzene rings is 2. The van der Waals surface area contributed by atoms with Crippen LogP contribution in [0, 0.1) is 5.82 Å². The molecule has 0 aromatic heterocycles. The van der Waals surface area contributed by atoms with Crippen LogP contribution in [0.15, 0.2) is 48.5 Å². The van der Waals surface area contributed by atoms with E-state index in [2.05, 4.69) is 4.74 Å². The van der Waals surface area contributed by atoms with E-state index in [9.17, 15) is 22.4 Å². The van der Waals surface area contributed by atoms with Gasteiger partial charge in [0.1, 0.15) is 17.9 Å². The summed E-state index contributed by atoms with van der Waals surface area (Å²) in [5, 5.41) is 0. The third kappa shape index (κ3) is 4.31. The van der Waals surface area contributed by atoms with Crippen LogP contribution in [0.3, 0.4) is 0 Å². The Kier molecular flexibility index (Phi) is 4.80. The molecule has 1 atom stereocenters. The largest absolute Gasteiger partial charge is 0.573 e. The van der Waals surface area contributed by atoms with Gasteiger partial charge in [-0.05, 0) is 35.4 Å². The molecule has 2 aromatic carbocycles. The van der Waals surface area contributed by atoms with Crippen molar-refractivity contribution in [3.8, 4) is 5.75 Å². The predicted octanol–water partition coefficient (Wildman–Crippen LogP) is 4.45. The fraction of sp³-hybridized carbons (Fsp3) is 0.188. The van der Waals surface area contributed by atoms with Gasteiger partial charge in [0.2, 0.25) is 0 Å². The summed E-state index contributed by atoms with van der Waals surface area (Å²) in [6.07, 6.45) is -3.89. The highest BCUT2D eigenvalue weighted by Crippen LogP contribution is 2.30. The second-order valence-corrected chi connectivity index (χ2v) is 4.62. The zero-order valence-corrected chi connectivity index (χ0v) is 11.3. The number of carbonyl (C=O) groups excluding carboxylic acids is 1. The minimum atomic E-state index is -4.75. The van der Waals surface area contributed by atoms with Gasteiger partial charge < -0.3 is 9.53 Å². The molecule has 0 fully saturated rings. The minimum absolute atomic E-state index is 0.144. The fourth-order valence-electron chi connectivity index (χ4n) is 2.16. The maximum atomic E-state index is 13.0. The van der Waals surface area contributed by atoms with Crippen molar-refractivity contribution in [3.05, 3.63) is 65.5 Å². The molecule has 0 bridgehead atoms. The molecule has 6 heteroatoms. The van der Waals surface area contributed by atoms with Gasteiger partial charge in [0.25, 0.3) is 0 Å². The van der Waals surface area contributed by atoms with Crippen LogP contribution >= 0.6 is 0 Å². The highest BCUT2D eigenvalue weighted by atomic mass is 19.4. The van der Waals surface area contributed by atoms with Crippen molar-refractivity contribution in [1.82, 2.24) is 0 Å². The third-order valence-corrected chi connectivity index (χ3v) is 3.12. The van der Waals surface area contributed by atoms with Gasteiger partial charge in [-0.1, -0.05) is 24.3 Å². The summed E-state index contributed by atoms with van der Waals surface area (Å²) >= 11 is 0. The molecule has 0 aliphatic carbocycles. The number of halogens is 4. The fourth-order valence-corrected chi connectivity index (χ4v) is 2.16. The molecule has 0 radical (unpaired) electrons. The lowest BCUT2D eigenvalue weighted by Gasteiger charge is -2.16. The Morgan fingerprint density at radius 1 is 0.955 bits per heavy atom. The maximum absolute atomic E-state index is 13.0. The average Bonchev–Trinajstić information content (AvgIpc) is 2.45. The zero-order valence-electron chi connectivity index (χ0n) is 11.3. The number of rotatable bonds is 5. The van der Waals surface area contributed by atoms with Crippen LogP contribution in [-0.4, -0.2) is 12.6 Å². The zero-order chi connectivity index (χ0) is 16.2. The second kappa shape index (κ2) is 6.60. The lowest BCUT2D eigenvalue weighted by Crippen LogP contribution is -2.17. The van der Waals surface area contributed by atoms with Gasteiger partial charge in [0.15, 0.2) is 0 Å². The molecule has 0 aliphatic heterocycles. The minimum Gasteiger partial charge on any atom is -0.406 e. The van der Waals surface area contributed by atoms with E-state index < -0.39 is 12.2 Å². The van der Waals surface area contributed by atoms with Crippen LogP contribution in [0.4, 0.5) is 17.6 Å². The van der Waals surface area contributed by atoms with Crippen molar-refractivity contribution in [2.45, 2.75) is 18.7 Å². The quantitative estimate of drug-likeness (QED) is 0.602. The van der Waals surface area contributed by atoms with Crippen molar-refractivity contribution in [1.29, 1.82) is 0 Å². The van der Waals surface area contributed by atoms with E-state index in [0.29, 0.717) is 17.4 Å². The molecule has 0 unspecified atom stereocenters. The van der Waals surface area contributed by atoms with Gasteiger partial charge in [-0.15, -0.1) is 13.2 Å². The first-order valence-corrected chi connectivity index (χ1v) is 6.44. The molecule has 2 aromatic rings. The number of aldehydes is 1. The van der Waals surface area contributed by atoms with E-state index >= 15 is 0 Å². The van der Waals surface area contributed by atoms with Crippen molar-refractivity contribution >= 4 is 6.29 Å². The van der Waals surface area contributed by atoms with Gasteiger partial charge in [0.05, 0.1) is 0 Å². The van der Waals surface area contributed by atoms with Crippen LogP contribution in [-0.2, 0) is 4.79 Å². The monoisotopic (exact) mass is 312 g/mol. The number of carbonyl (C=O) groups is 1. The highest BCUT2D eigenvalue weighted by molar-refractivity contribution is 5.54.